The third-order valence-electron chi connectivity index (χ3n) is 3.66. The molecule has 4 heteroatoms. The van der Waals surface area contributed by atoms with Gasteiger partial charge in [0.2, 0.25) is 6.79 Å². The van der Waals surface area contributed by atoms with E-state index >= 15 is 0 Å². The normalized spacial score (nSPS) is 20.9. The van der Waals surface area contributed by atoms with Gasteiger partial charge < -0.3 is 14.4 Å². The molecule has 2 heterocycles. The highest BCUT2D eigenvalue weighted by atomic mass is 16.7. The van der Waals surface area contributed by atoms with Crippen LogP contribution < -0.4 is 9.47 Å². The van der Waals surface area contributed by atoms with E-state index in [1.807, 2.05) is 6.07 Å². The predicted octanol–water partition coefficient (Wildman–Crippen LogP) is 1.55. The van der Waals surface area contributed by atoms with Gasteiger partial charge in [-0.25, -0.2) is 0 Å². The lowest BCUT2D eigenvalue weighted by molar-refractivity contribution is 0.174. The van der Waals surface area contributed by atoms with Crippen molar-refractivity contribution in [3.8, 4) is 11.5 Å². The third-order valence-corrected chi connectivity index (χ3v) is 3.66. The molecule has 0 N–H and O–H groups in total. The summed E-state index contributed by atoms with van der Waals surface area (Å²) in [7, 11) is 2.20. The Balaban J connectivity index is 1.65. The summed E-state index contributed by atoms with van der Waals surface area (Å²) in [6.45, 7) is 6.05. The van der Waals surface area contributed by atoms with E-state index < -0.39 is 0 Å². The van der Waals surface area contributed by atoms with Crippen molar-refractivity contribution in [2.24, 2.45) is 0 Å². The summed E-state index contributed by atoms with van der Waals surface area (Å²) in [6.07, 6.45) is 1.25. The molecule has 0 bridgehead atoms. The average molecular weight is 248 g/mol. The molecule has 1 fully saturated rings. The maximum atomic E-state index is 5.42. The summed E-state index contributed by atoms with van der Waals surface area (Å²) in [4.78, 5) is 4.92. The summed E-state index contributed by atoms with van der Waals surface area (Å²) in [5.74, 6) is 1.76. The Labute approximate surface area is 108 Å². The number of rotatable bonds is 2. The van der Waals surface area contributed by atoms with Gasteiger partial charge in [-0.2, -0.15) is 0 Å². The third kappa shape index (κ3) is 2.60. The lowest BCUT2D eigenvalue weighted by atomic mass is 10.2. The Kier molecular flexibility index (Phi) is 3.39. The van der Waals surface area contributed by atoms with Gasteiger partial charge in [-0.3, -0.25) is 4.90 Å². The number of hydrogen-bond donors (Lipinski definition) is 0. The molecule has 0 atom stereocenters. The Hall–Kier alpha value is -1.26. The van der Waals surface area contributed by atoms with Gasteiger partial charge >= 0.3 is 0 Å². The molecular formula is C14H20N2O2. The zero-order valence-electron chi connectivity index (χ0n) is 10.9. The zero-order valence-corrected chi connectivity index (χ0v) is 10.9. The number of nitrogens with zero attached hydrogens (tertiary/aromatic N) is 2. The fraction of sp³-hybridized carbons (Fsp3) is 0.571. The molecule has 0 radical (unpaired) electrons. The molecule has 3 rings (SSSR count). The second-order valence-corrected chi connectivity index (χ2v) is 5.12. The second-order valence-electron chi connectivity index (χ2n) is 5.12. The SMILES string of the molecule is CN1CCCN(Cc2ccc3c(c2)OCO3)CC1. The Morgan fingerprint density at radius 1 is 1.06 bits per heavy atom. The van der Waals surface area contributed by atoms with Gasteiger partial charge in [0.15, 0.2) is 11.5 Å². The first kappa shape index (κ1) is 11.8. The summed E-state index contributed by atoms with van der Waals surface area (Å²) in [6, 6.07) is 6.26. The fourth-order valence-corrected chi connectivity index (χ4v) is 2.56. The quantitative estimate of drug-likeness (QED) is 0.793. The first-order valence-electron chi connectivity index (χ1n) is 6.61. The van der Waals surface area contributed by atoms with Crippen molar-refractivity contribution in [3.63, 3.8) is 0 Å². The molecule has 98 valence electrons. The van der Waals surface area contributed by atoms with E-state index in [2.05, 4.69) is 29.0 Å². The minimum Gasteiger partial charge on any atom is -0.454 e. The Morgan fingerprint density at radius 3 is 2.89 bits per heavy atom. The molecule has 0 aliphatic carbocycles. The number of benzene rings is 1. The van der Waals surface area contributed by atoms with Crippen LogP contribution in [0.3, 0.4) is 0 Å². The molecule has 0 amide bonds. The van der Waals surface area contributed by atoms with E-state index in [0.717, 1.165) is 31.1 Å². The van der Waals surface area contributed by atoms with Crippen LogP contribution in [-0.4, -0.2) is 49.8 Å². The van der Waals surface area contributed by atoms with Crippen LogP contribution in [0.15, 0.2) is 18.2 Å². The van der Waals surface area contributed by atoms with E-state index in [-0.39, 0.29) is 0 Å². The second kappa shape index (κ2) is 5.16. The first-order valence-corrected chi connectivity index (χ1v) is 6.61. The minimum absolute atomic E-state index is 0.354. The van der Waals surface area contributed by atoms with E-state index in [4.69, 9.17) is 9.47 Å². The molecule has 0 spiro atoms. The van der Waals surface area contributed by atoms with Crippen LogP contribution in [0, 0.1) is 0 Å². The van der Waals surface area contributed by atoms with Crippen molar-refractivity contribution in [1.29, 1.82) is 0 Å². The monoisotopic (exact) mass is 248 g/mol. The molecule has 2 aliphatic heterocycles. The van der Waals surface area contributed by atoms with Gasteiger partial charge in [-0.1, -0.05) is 6.07 Å². The molecular weight excluding hydrogens is 228 g/mol. The fourth-order valence-electron chi connectivity index (χ4n) is 2.56. The number of hydrogen-bond acceptors (Lipinski definition) is 4. The highest BCUT2D eigenvalue weighted by molar-refractivity contribution is 5.44. The van der Waals surface area contributed by atoms with Crippen molar-refractivity contribution < 1.29 is 9.47 Å². The average Bonchev–Trinajstić information content (AvgIpc) is 2.74. The molecule has 0 saturated carbocycles. The van der Waals surface area contributed by atoms with Crippen molar-refractivity contribution >= 4 is 0 Å². The van der Waals surface area contributed by atoms with Gasteiger partial charge in [0.1, 0.15) is 0 Å². The standard InChI is InChI=1S/C14H20N2O2/c1-15-5-2-6-16(8-7-15)10-12-3-4-13-14(9-12)18-11-17-13/h3-4,9H,2,5-8,10-11H2,1H3. The summed E-state index contributed by atoms with van der Waals surface area (Å²) >= 11 is 0. The smallest absolute Gasteiger partial charge is 0.231 e. The van der Waals surface area contributed by atoms with Crippen molar-refractivity contribution in [3.05, 3.63) is 23.8 Å². The number of ether oxygens (including phenoxy) is 2. The van der Waals surface area contributed by atoms with E-state index in [1.54, 1.807) is 0 Å². The van der Waals surface area contributed by atoms with Gasteiger partial charge in [-0.05, 0) is 44.3 Å². The molecule has 18 heavy (non-hydrogen) atoms. The lowest BCUT2D eigenvalue weighted by Crippen LogP contribution is -2.28. The van der Waals surface area contributed by atoms with Crippen LogP contribution in [0.25, 0.3) is 0 Å². The van der Waals surface area contributed by atoms with Crippen molar-refractivity contribution in [1.82, 2.24) is 9.80 Å². The maximum Gasteiger partial charge on any atom is 0.231 e. The van der Waals surface area contributed by atoms with Crippen molar-refractivity contribution in [2.45, 2.75) is 13.0 Å². The van der Waals surface area contributed by atoms with Crippen LogP contribution >= 0.6 is 0 Å². The summed E-state index contributed by atoms with van der Waals surface area (Å²) < 4.78 is 10.8. The highest BCUT2D eigenvalue weighted by Crippen LogP contribution is 2.32. The molecule has 0 unspecified atom stereocenters. The maximum absolute atomic E-state index is 5.42. The largest absolute Gasteiger partial charge is 0.454 e. The number of likely N-dealkylation sites (N-methyl/N-ethyl adjacent to an activating group) is 1. The van der Waals surface area contributed by atoms with Crippen LogP contribution in [0.1, 0.15) is 12.0 Å². The van der Waals surface area contributed by atoms with Gasteiger partial charge in [0.05, 0.1) is 0 Å². The van der Waals surface area contributed by atoms with Crippen molar-refractivity contribution in [2.75, 3.05) is 40.0 Å². The van der Waals surface area contributed by atoms with Crippen LogP contribution in [0.5, 0.6) is 11.5 Å². The van der Waals surface area contributed by atoms with Gasteiger partial charge in [-0.15, -0.1) is 0 Å². The van der Waals surface area contributed by atoms with Crippen LogP contribution in [-0.2, 0) is 6.54 Å². The van der Waals surface area contributed by atoms with Crippen LogP contribution in [0.2, 0.25) is 0 Å². The minimum atomic E-state index is 0.354. The Morgan fingerprint density at radius 2 is 1.94 bits per heavy atom. The molecule has 4 nitrogen and oxygen atoms in total. The van der Waals surface area contributed by atoms with E-state index in [9.17, 15) is 0 Å². The topological polar surface area (TPSA) is 24.9 Å². The molecule has 1 aromatic rings. The number of fused-ring (bicyclic) bond motifs is 1. The lowest BCUT2D eigenvalue weighted by Gasteiger charge is -2.20. The first-order chi connectivity index (χ1) is 8.81. The van der Waals surface area contributed by atoms with E-state index in [0.29, 0.717) is 6.79 Å². The Bertz CT molecular complexity index is 422. The van der Waals surface area contributed by atoms with Gasteiger partial charge in [0, 0.05) is 19.6 Å². The highest BCUT2D eigenvalue weighted by Gasteiger charge is 2.16. The molecule has 1 aromatic carbocycles. The predicted molar refractivity (Wildman–Crippen MR) is 70.0 cm³/mol. The van der Waals surface area contributed by atoms with E-state index in [1.165, 1.54) is 25.1 Å². The molecule has 1 saturated heterocycles. The summed E-state index contributed by atoms with van der Waals surface area (Å²) in [5, 5.41) is 0. The molecule has 2 aliphatic rings. The summed E-state index contributed by atoms with van der Waals surface area (Å²) in [5.41, 5.74) is 1.31. The molecule has 0 aromatic heterocycles. The zero-order chi connectivity index (χ0) is 12.4. The van der Waals surface area contributed by atoms with Gasteiger partial charge in [0.25, 0.3) is 0 Å². The van der Waals surface area contributed by atoms with Crippen LogP contribution in [0.4, 0.5) is 0 Å².